The van der Waals surface area contributed by atoms with Crippen LogP contribution >= 0.6 is 0 Å². The molecule has 0 spiro atoms. The number of Topliss-reactive ketones (excluding diaryl/α,β-unsaturated/α-hetero) is 1. The molecule has 5 heteroatoms. The number of carbonyl (C=O) groups is 2. The summed E-state index contributed by atoms with van der Waals surface area (Å²) in [5.74, 6) is -0.553. The van der Waals surface area contributed by atoms with Crippen LogP contribution in [0.2, 0.25) is 0 Å². The van der Waals surface area contributed by atoms with Gasteiger partial charge in [0.1, 0.15) is 11.7 Å². The number of ether oxygens (including phenoxy) is 3. The van der Waals surface area contributed by atoms with Crippen LogP contribution in [0.15, 0.2) is 0 Å². The summed E-state index contributed by atoms with van der Waals surface area (Å²) in [6, 6.07) is 0. The average molecular weight is 270 g/mol. The van der Waals surface area contributed by atoms with Crippen molar-refractivity contribution in [3.05, 3.63) is 0 Å². The Kier molecular flexibility index (Phi) is 5.34. The van der Waals surface area contributed by atoms with Crippen molar-refractivity contribution in [1.82, 2.24) is 0 Å². The van der Waals surface area contributed by atoms with Crippen LogP contribution in [0.5, 0.6) is 0 Å². The Bertz CT molecular complexity index is 316. The zero-order valence-electron chi connectivity index (χ0n) is 11.4. The van der Waals surface area contributed by atoms with Crippen molar-refractivity contribution in [3.63, 3.8) is 0 Å². The van der Waals surface area contributed by atoms with E-state index in [1.54, 1.807) is 6.92 Å². The Balaban J connectivity index is 1.69. The molecule has 2 saturated heterocycles. The van der Waals surface area contributed by atoms with Gasteiger partial charge in [0.15, 0.2) is 0 Å². The van der Waals surface area contributed by atoms with Crippen LogP contribution in [0.4, 0.5) is 0 Å². The highest BCUT2D eigenvalue weighted by Crippen LogP contribution is 2.19. The van der Waals surface area contributed by atoms with E-state index in [4.69, 9.17) is 14.2 Å². The average Bonchev–Trinajstić information content (AvgIpc) is 3.07. The lowest BCUT2D eigenvalue weighted by atomic mass is 9.95. The second kappa shape index (κ2) is 7.01. The van der Waals surface area contributed by atoms with Gasteiger partial charge in [-0.25, -0.2) is 0 Å². The lowest BCUT2D eigenvalue weighted by Crippen LogP contribution is -2.27. The summed E-state index contributed by atoms with van der Waals surface area (Å²) in [7, 11) is 0. The van der Waals surface area contributed by atoms with Crippen molar-refractivity contribution in [1.29, 1.82) is 0 Å². The summed E-state index contributed by atoms with van der Waals surface area (Å²) < 4.78 is 15.6. The summed E-state index contributed by atoms with van der Waals surface area (Å²) in [4.78, 5) is 23.8. The lowest BCUT2D eigenvalue weighted by Gasteiger charge is -2.14. The molecule has 19 heavy (non-hydrogen) atoms. The molecule has 2 heterocycles. The molecule has 0 N–H and O–H groups in total. The van der Waals surface area contributed by atoms with Gasteiger partial charge in [-0.2, -0.15) is 0 Å². The molecule has 0 radical (unpaired) electrons. The zero-order valence-corrected chi connectivity index (χ0v) is 11.4. The smallest absolute Gasteiger partial charge is 0.316 e. The van der Waals surface area contributed by atoms with E-state index in [2.05, 4.69) is 0 Å². The molecule has 2 rings (SSSR count). The van der Waals surface area contributed by atoms with E-state index >= 15 is 0 Å². The molecule has 2 aliphatic heterocycles. The number of carbonyl (C=O) groups excluding carboxylic acids is 2. The number of hydrogen-bond donors (Lipinski definition) is 0. The highest BCUT2D eigenvalue weighted by atomic mass is 16.5. The third kappa shape index (κ3) is 4.28. The molecule has 0 saturated carbocycles. The molecule has 0 aromatic heterocycles. The topological polar surface area (TPSA) is 61.8 Å². The zero-order chi connectivity index (χ0) is 13.7. The van der Waals surface area contributed by atoms with Gasteiger partial charge in [0, 0.05) is 32.2 Å². The van der Waals surface area contributed by atoms with E-state index in [0.717, 1.165) is 26.1 Å². The van der Waals surface area contributed by atoms with Crippen molar-refractivity contribution in [2.24, 2.45) is 17.8 Å². The fourth-order valence-electron chi connectivity index (χ4n) is 2.38. The minimum absolute atomic E-state index is 0.0387. The van der Waals surface area contributed by atoms with Crippen molar-refractivity contribution in [2.45, 2.75) is 26.2 Å². The van der Waals surface area contributed by atoms with Gasteiger partial charge in [0.2, 0.25) is 0 Å². The molecule has 3 atom stereocenters. The van der Waals surface area contributed by atoms with E-state index in [9.17, 15) is 9.59 Å². The van der Waals surface area contributed by atoms with Gasteiger partial charge in [0.05, 0.1) is 13.2 Å². The second-order valence-electron chi connectivity index (χ2n) is 5.48. The molecule has 0 aromatic rings. The summed E-state index contributed by atoms with van der Waals surface area (Å²) in [6.45, 7) is 4.73. The normalized spacial score (nSPS) is 28.3. The van der Waals surface area contributed by atoms with Gasteiger partial charge in [-0.05, 0) is 25.7 Å². The molecule has 5 nitrogen and oxygen atoms in total. The SMILES string of the molecule is CC(C(=O)CC1CCOC1)C(=O)OCC1CCOC1. The van der Waals surface area contributed by atoms with Gasteiger partial charge >= 0.3 is 5.97 Å². The largest absolute Gasteiger partial charge is 0.465 e. The minimum atomic E-state index is -0.664. The molecule has 0 aromatic carbocycles. The molecule has 3 unspecified atom stereocenters. The molecule has 0 amide bonds. The molecule has 2 aliphatic rings. The predicted octanol–water partition coefficient (Wildman–Crippen LogP) is 1.20. The number of ketones is 1. The Morgan fingerprint density at radius 1 is 1.16 bits per heavy atom. The summed E-state index contributed by atoms with van der Waals surface area (Å²) in [6.07, 6.45) is 2.25. The molecule has 0 bridgehead atoms. The van der Waals surface area contributed by atoms with E-state index in [1.807, 2.05) is 0 Å². The van der Waals surface area contributed by atoms with Crippen LogP contribution in [0.1, 0.15) is 26.2 Å². The maximum atomic E-state index is 12.0. The fraction of sp³-hybridized carbons (Fsp3) is 0.857. The van der Waals surface area contributed by atoms with Gasteiger partial charge in [-0.1, -0.05) is 0 Å². The van der Waals surface area contributed by atoms with Gasteiger partial charge in [0.25, 0.3) is 0 Å². The van der Waals surface area contributed by atoms with Gasteiger partial charge in [-0.15, -0.1) is 0 Å². The third-order valence-electron chi connectivity index (χ3n) is 3.84. The molecule has 108 valence electrons. The Morgan fingerprint density at radius 3 is 2.37 bits per heavy atom. The van der Waals surface area contributed by atoms with Crippen LogP contribution in [-0.2, 0) is 23.8 Å². The Morgan fingerprint density at radius 2 is 1.79 bits per heavy atom. The van der Waals surface area contributed by atoms with Crippen molar-refractivity contribution >= 4 is 11.8 Å². The summed E-state index contributed by atoms with van der Waals surface area (Å²) >= 11 is 0. The second-order valence-corrected chi connectivity index (χ2v) is 5.48. The third-order valence-corrected chi connectivity index (χ3v) is 3.84. The molecule has 0 aliphatic carbocycles. The minimum Gasteiger partial charge on any atom is -0.465 e. The van der Waals surface area contributed by atoms with Crippen molar-refractivity contribution in [3.8, 4) is 0 Å². The van der Waals surface area contributed by atoms with Crippen molar-refractivity contribution in [2.75, 3.05) is 33.0 Å². The highest BCUT2D eigenvalue weighted by Gasteiger charge is 2.28. The fourth-order valence-corrected chi connectivity index (χ4v) is 2.38. The predicted molar refractivity (Wildman–Crippen MR) is 67.6 cm³/mol. The van der Waals surface area contributed by atoms with Crippen molar-refractivity contribution < 1.29 is 23.8 Å². The summed E-state index contributed by atoms with van der Waals surface area (Å²) in [5, 5.41) is 0. The first-order valence-corrected chi connectivity index (χ1v) is 7.01. The van der Waals surface area contributed by atoms with E-state index in [0.29, 0.717) is 26.2 Å². The van der Waals surface area contributed by atoms with Gasteiger partial charge < -0.3 is 14.2 Å². The highest BCUT2D eigenvalue weighted by molar-refractivity contribution is 5.98. The van der Waals surface area contributed by atoms with Crippen LogP contribution in [0.3, 0.4) is 0 Å². The Hall–Kier alpha value is -0.940. The first-order valence-electron chi connectivity index (χ1n) is 7.01. The van der Waals surface area contributed by atoms with E-state index < -0.39 is 11.9 Å². The van der Waals surface area contributed by atoms with Gasteiger partial charge in [-0.3, -0.25) is 9.59 Å². The number of hydrogen-bond acceptors (Lipinski definition) is 5. The number of esters is 1. The van der Waals surface area contributed by atoms with Crippen LogP contribution in [0, 0.1) is 17.8 Å². The Labute approximate surface area is 113 Å². The first-order chi connectivity index (χ1) is 9.16. The van der Waals surface area contributed by atoms with E-state index in [-0.39, 0.29) is 17.6 Å². The van der Waals surface area contributed by atoms with Crippen LogP contribution in [-0.4, -0.2) is 44.8 Å². The number of rotatable bonds is 6. The maximum Gasteiger partial charge on any atom is 0.316 e. The van der Waals surface area contributed by atoms with E-state index in [1.165, 1.54) is 0 Å². The first kappa shape index (κ1) is 14.5. The molecular formula is C14H22O5. The molecular weight excluding hydrogens is 248 g/mol. The van der Waals surface area contributed by atoms with Crippen LogP contribution in [0.25, 0.3) is 0 Å². The maximum absolute atomic E-state index is 12.0. The quantitative estimate of drug-likeness (QED) is 0.536. The monoisotopic (exact) mass is 270 g/mol. The van der Waals surface area contributed by atoms with Crippen LogP contribution < -0.4 is 0 Å². The molecule has 2 fully saturated rings. The standard InChI is InChI=1S/C14H22O5/c1-10(13(15)6-11-2-4-17-7-11)14(16)19-9-12-3-5-18-8-12/h10-12H,2-9H2,1H3. The lowest BCUT2D eigenvalue weighted by molar-refractivity contribution is -0.152. The summed E-state index contributed by atoms with van der Waals surface area (Å²) in [5.41, 5.74) is 0.